The van der Waals surface area contributed by atoms with E-state index in [0.717, 1.165) is 11.5 Å². The van der Waals surface area contributed by atoms with Gasteiger partial charge in [-0.2, -0.15) is 0 Å². The van der Waals surface area contributed by atoms with Gasteiger partial charge in [0.25, 0.3) is 0 Å². The Labute approximate surface area is 54.7 Å². The predicted octanol–water partition coefficient (Wildman–Crippen LogP) is 1.26. The van der Waals surface area contributed by atoms with E-state index in [4.69, 9.17) is 0 Å². The molecule has 0 aliphatic carbocycles. The zero-order valence-electron chi connectivity index (χ0n) is 5.76. The van der Waals surface area contributed by atoms with Crippen molar-refractivity contribution in [1.29, 1.82) is 0 Å². The molecule has 1 aromatic rings. The molecule has 1 heterocycles. The number of aromatic nitrogens is 2. The second kappa shape index (κ2) is 3.14. The van der Waals surface area contributed by atoms with E-state index >= 15 is 0 Å². The van der Waals surface area contributed by atoms with Crippen LogP contribution in [0.4, 0.5) is 0 Å². The first kappa shape index (κ1) is 8.04. The van der Waals surface area contributed by atoms with Crippen molar-refractivity contribution >= 4 is 0 Å². The third-order valence-electron chi connectivity index (χ3n) is 0.915. The van der Waals surface area contributed by atoms with E-state index < -0.39 is 0 Å². The van der Waals surface area contributed by atoms with E-state index in [1.54, 1.807) is 6.20 Å². The topological polar surface area (TPSA) is 60.8 Å². The summed E-state index contributed by atoms with van der Waals surface area (Å²) in [5.41, 5.74) is 1.03. The summed E-state index contributed by atoms with van der Waals surface area (Å²) in [7, 11) is 0. The van der Waals surface area contributed by atoms with Crippen molar-refractivity contribution < 1.29 is 0 Å². The molecule has 0 bridgehead atoms. The Bertz CT molecular complexity index is 168. The number of hydrogen-bond donors (Lipinski definition) is 1. The van der Waals surface area contributed by atoms with Crippen molar-refractivity contribution in [2.75, 3.05) is 0 Å². The normalized spacial score (nSPS) is 8.22. The van der Waals surface area contributed by atoms with Gasteiger partial charge in [-0.1, -0.05) is 0 Å². The molecule has 1 aromatic heterocycles. The van der Waals surface area contributed by atoms with E-state index in [1.807, 2.05) is 19.9 Å². The van der Waals surface area contributed by atoms with Gasteiger partial charge in [0.15, 0.2) is 0 Å². The monoisotopic (exact) mass is 125 g/mol. The summed E-state index contributed by atoms with van der Waals surface area (Å²) in [6.07, 6.45) is 1.76. The number of hydrogen-bond acceptors (Lipinski definition) is 3. The predicted molar refractivity (Wildman–Crippen MR) is 36.5 cm³/mol. The van der Waals surface area contributed by atoms with Gasteiger partial charge < -0.3 is 6.15 Å². The summed E-state index contributed by atoms with van der Waals surface area (Å²) in [6, 6.07) is 1.88. The van der Waals surface area contributed by atoms with Gasteiger partial charge in [0.2, 0.25) is 0 Å². The van der Waals surface area contributed by atoms with Crippen molar-refractivity contribution in [1.82, 2.24) is 16.1 Å². The minimum absolute atomic E-state index is 0. The van der Waals surface area contributed by atoms with Gasteiger partial charge in [0.1, 0.15) is 5.82 Å². The molecule has 0 aliphatic rings. The smallest absolute Gasteiger partial charge is 0.125 e. The Balaban J connectivity index is 0.000000640. The summed E-state index contributed by atoms with van der Waals surface area (Å²) < 4.78 is 0. The van der Waals surface area contributed by atoms with Crippen LogP contribution in [0, 0.1) is 13.8 Å². The Morgan fingerprint density at radius 3 is 2.33 bits per heavy atom. The highest BCUT2D eigenvalue weighted by atomic mass is 14.9. The van der Waals surface area contributed by atoms with Crippen molar-refractivity contribution in [3.8, 4) is 0 Å². The molecule has 3 nitrogen and oxygen atoms in total. The molecule has 0 radical (unpaired) electrons. The molecule has 1 rings (SSSR count). The van der Waals surface area contributed by atoms with Crippen LogP contribution in [0.5, 0.6) is 0 Å². The zero-order valence-corrected chi connectivity index (χ0v) is 5.76. The van der Waals surface area contributed by atoms with Gasteiger partial charge in [-0.25, -0.2) is 9.97 Å². The fourth-order valence-electron chi connectivity index (χ4n) is 0.574. The molecule has 0 saturated carbocycles. The highest BCUT2D eigenvalue weighted by molar-refractivity contribution is 4.97. The Kier molecular flexibility index (Phi) is 2.81. The number of rotatable bonds is 0. The molecule has 0 atom stereocenters. The third kappa shape index (κ3) is 2.19. The number of aryl methyl sites for hydroxylation is 2. The summed E-state index contributed by atoms with van der Waals surface area (Å²) in [5.74, 6) is 0.838. The molecule has 0 spiro atoms. The molecule has 0 aliphatic heterocycles. The average Bonchev–Trinajstić information content (AvgIpc) is 1.64. The molecule has 50 valence electrons. The van der Waals surface area contributed by atoms with Gasteiger partial charge in [0.05, 0.1) is 0 Å². The van der Waals surface area contributed by atoms with E-state index in [-0.39, 0.29) is 6.15 Å². The van der Waals surface area contributed by atoms with Gasteiger partial charge in [-0.15, -0.1) is 0 Å². The quantitative estimate of drug-likeness (QED) is 0.567. The summed E-state index contributed by atoms with van der Waals surface area (Å²) >= 11 is 0. The molecule has 3 N–H and O–H groups in total. The summed E-state index contributed by atoms with van der Waals surface area (Å²) in [6.45, 7) is 3.84. The van der Waals surface area contributed by atoms with Crippen molar-refractivity contribution in [3.63, 3.8) is 0 Å². The number of nitrogens with zero attached hydrogens (tertiary/aromatic N) is 2. The van der Waals surface area contributed by atoms with E-state index in [9.17, 15) is 0 Å². The van der Waals surface area contributed by atoms with Gasteiger partial charge in [-0.3, -0.25) is 0 Å². The van der Waals surface area contributed by atoms with Crippen LogP contribution in [0.15, 0.2) is 12.3 Å². The van der Waals surface area contributed by atoms with Gasteiger partial charge in [-0.05, 0) is 19.9 Å². The SMILES string of the molecule is Cc1ccnc(C)n1.N. The molecule has 0 aromatic carbocycles. The minimum atomic E-state index is 0. The minimum Gasteiger partial charge on any atom is -0.344 e. The Morgan fingerprint density at radius 1 is 1.33 bits per heavy atom. The molecule has 0 fully saturated rings. The first-order valence-electron chi connectivity index (χ1n) is 2.55. The highest BCUT2D eigenvalue weighted by Gasteiger charge is 1.83. The van der Waals surface area contributed by atoms with E-state index in [0.29, 0.717) is 0 Å². The molecule has 0 saturated heterocycles. The first-order chi connectivity index (χ1) is 3.79. The molecule has 0 unspecified atom stereocenters. The fourth-order valence-corrected chi connectivity index (χ4v) is 0.574. The lowest BCUT2D eigenvalue weighted by Gasteiger charge is -1.89. The van der Waals surface area contributed by atoms with Gasteiger partial charge >= 0.3 is 0 Å². The first-order valence-corrected chi connectivity index (χ1v) is 2.55. The molecular formula is C6H11N3. The molecule has 3 heteroatoms. The molecular weight excluding hydrogens is 114 g/mol. The second-order valence-corrected chi connectivity index (χ2v) is 1.75. The fraction of sp³-hybridized carbons (Fsp3) is 0.333. The lowest BCUT2D eigenvalue weighted by atomic mass is 10.4. The third-order valence-corrected chi connectivity index (χ3v) is 0.915. The van der Waals surface area contributed by atoms with Crippen molar-refractivity contribution in [2.24, 2.45) is 0 Å². The Hall–Kier alpha value is -0.960. The zero-order chi connectivity index (χ0) is 5.98. The lowest BCUT2D eigenvalue weighted by Crippen LogP contribution is -1.86. The van der Waals surface area contributed by atoms with Crippen LogP contribution < -0.4 is 6.15 Å². The van der Waals surface area contributed by atoms with Crippen LogP contribution in [-0.2, 0) is 0 Å². The maximum absolute atomic E-state index is 4.06. The summed E-state index contributed by atoms with van der Waals surface area (Å²) in [5, 5.41) is 0. The maximum Gasteiger partial charge on any atom is 0.125 e. The molecule has 9 heavy (non-hydrogen) atoms. The average molecular weight is 125 g/mol. The van der Waals surface area contributed by atoms with E-state index in [1.165, 1.54) is 0 Å². The largest absolute Gasteiger partial charge is 0.344 e. The van der Waals surface area contributed by atoms with Crippen LogP contribution in [0.3, 0.4) is 0 Å². The maximum atomic E-state index is 4.06. The van der Waals surface area contributed by atoms with Crippen LogP contribution in [0.25, 0.3) is 0 Å². The van der Waals surface area contributed by atoms with Crippen LogP contribution in [0.2, 0.25) is 0 Å². The van der Waals surface area contributed by atoms with Crippen LogP contribution in [-0.4, -0.2) is 9.97 Å². The van der Waals surface area contributed by atoms with Crippen molar-refractivity contribution in [2.45, 2.75) is 13.8 Å². The molecule has 0 amide bonds. The van der Waals surface area contributed by atoms with E-state index in [2.05, 4.69) is 9.97 Å². The highest BCUT2D eigenvalue weighted by Crippen LogP contribution is 1.88. The van der Waals surface area contributed by atoms with Crippen LogP contribution in [0.1, 0.15) is 11.5 Å². The van der Waals surface area contributed by atoms with Crippen molar-refractivity contribution in [3.05, 3.63) is 23.8 Å². The second-order valence-electron chi connectivity index (χ2n) is 1.75. The van der Waals surface area contributed by atoms with Gasteiger partial charge in [0, 0.05) is 11.9 Å². The summed E-state index contributed by atoms with van der Waals surface area (Å²) in [4.78, 5) is 7.99. The Morgan fingerprint density at radius 2 is 2.00 bits per heavy atom. The lowest BCUT2D eigenvalue weighted by molar-refractivity contribution is 1.01. The van der Waals surface area contributed by atoms with Crippen LogP contribution >= 0.6 is 0 Å². The standard InChI is InChI=1S/C6H8N2.H3N/c1-5-3-4-7-6(2)8-5;/h3-4H,1-2H3;1H3.